The molecule has 3 heterocycles. The van der Waals surface area contributed by atoms with Crippen LogP contribution in [0.1, 0.15) is 113 Å². The Bertz CT molecular complexity index is 1690. The summed E-state index contributed by atoms with van der Waals surface area (Å²) < 4.78 is 36.0. The lowest BCUT2D eigenvalue weighted by molar-refractivity contribution is -0.379. The Morgan fingerprint density at radius 1 is 0.710 bits per heavy atom. The van der Waals surface area contributed by atoms with Gasteiger partial charge in [-0.05, 0) is 111 Å². The van der Waals surface area contributed by atoms with Crippen LogP contribution in [0.4, 0.5) is 0 Å². The van der Waals surface area contributed by atoms with Gasteiger partial charge in [-0.2, -0.15) is 0 Å². The van der Waals surface area contributed by atoms with Crippen molar-refractivity contribution < 1.29 is 79.2 Å². The second-order valence-corrected chi connectivity index (χ2v) is 22.4. The van der Waals surface area contributed by atoms with Crippen LogP contribution in [0.3, 0.4) is 0 Å². The minimum atomic E-state index is -1.73. The van der Waals surface area contributed by atoms with Crippen molar-refractivity contribution in [3.05, 3.63) is 11.6 Å². The summed E-state index contributed by atoms with van der Waals surface area (Å²) in [5.41, 5.74) is -0.519. The van der Waals surface area contributed by atoms with E-state index in [9.17, 15) is 50.8 Å². The average Bonchev–Trinajstić information content (AvgIpc) is 3.21. The highest BCUT2D eigenvalue weighted by molar-refractivity contribution is 5.76. The Hall–Kier alpha value is -1.35. The standard InChI is InChI=1S/C46H74O16/c1-22-30(50)35(61-37-33(53)31(51)25(48)19-57-37)34(54)38(59-22)62-36-32(52)26(49)20-58-39(36)60-29-11-12-42(4)27(43(29,5)21-47)10-13-45(7)28(42)9-8-23-24-18-41(2,3)14-16-46(24,40(55)56)17-15-44(23,45)6/h8,22,24-39,47-54H,9-21H2,1-7H3,(H,55,56)/t22-,24+,25+,26-,27+,28+,29-,30-,31-,32-,33+,34+,35+,36+,37-,38-,39-,42-,43-,44+,45+,46-/m0/s1. The van der Waals surface area contributed by atoms with Crippen molar-refractivity contribution in [3.8, 4) is 0 Å². The van der Waals surface area contributed by atoms with Crippen molar-refractivity contribution in [2.24, 2.45) is 50.2 Å². The van der Waals surface area contributed by atoms with E-state index in [1.807, 2.05) is 0 Å². The van der Waals surface area contributed by atoms with Gasteiger partial charge in [-0.25, -0.2) is 0 Å². The Labute approximate surface area is 364 Å². The normalized spacial score (nSPS) is 55.1. The zero-order valence-electron chi connectivity index (χ0n) is 37.5. The SMILES string of the molecule is C[C@@H]1O[C@@H](O[C@H]2[C@H](O[C@H]3CC[C@@]4(C)[C@@H](CC[C@]5(C)[C@@H]4CC=C4[C@H]6CC(C)(C)CC[C@]6(C(=O)O)CC[C@]45C)[C@]3(C)CO)OC[C@H](O)[C@@H]2O)[C@H](O)[C@H](O[C@@H]2OC[C@@H](O)[C@H](O)[C@H]2O)[C@H]1O. The molecule has 7 fully saturated rings. The molecule has 0 unspecified atom stereocenters. The third kappa shape index (κ3) is 7.19. The monoisotopic (exact) mass is 882 g/mol. The predicted octanol–water partition coefficient (Wildman–Crippen LogP) is 1.98. The van der Waals surface area contributed by atoms with Gasteiger partial charge in [0.25, 0.3) is 0 Å². The zero-order valence-corrected chi connectivity index (χ0v) is 37.5. The van der Waals surface area contributed by atoms with E-state index in [2.05, 4.69) is 47.6 Å². The van der Waals surface area contributed by atoms with Gasteiger partial charge in [0.15, 0.2) is 18.9 Å². The first-order chi connectivity index (χ1) is 29.0. The number of carboxylic acid groups (broad SMARTS) is 1. The number of aliphatic carboxylic acids is 1. The van der Waals surface area contributed by atoms with Crippen molar-refractivity contribution in [1.29, 1.82) is 0 Å². The maximum Gasteiger partial charge on any atom is 0.310 e. The third-order valence-electron chi connectivity index (χ3n) is 18.7. The quantitative estimate of drug-likeness (QED) is 0.125. The number of hydrogen-bond donors (Lipinski definition) is 9. The molecule has 8 rings (SSSR count). The van der Waals surface area contributed by atoms with Crippen molar-refractivity contribution in [2.75, 3.05) is 19.8 Å². The molecule has 0 amide bonds. The molecule has 0 aromatic rings. The van der Waals surface area contributed by atoms with Crippen LogP contribution < -0.4 is 0 Å². The number of aliphatic hydroxyl groups excluding tert-OH is 8. The summed E-state index contributed by atoms with van der Waals surface area (Å²) in [6.07, 6.45) is -9.19. The first-order valence-corrected chi connectivity index (χ1v) is 23.1. The van der Waals surface area contributed by atoms with E-state index in [1.54, 1.807) is 0 Å². The molecular formula is C46H74O16. The van der Waals surface area contributed by atoms with Crippen LogP contribution in [0.2, 0.25) is 0 Å². The Morgan fingerprint density at radius 2 is 1.35 bits per heavy atom. The smallest absolute Gasteiger partial charge is 0.310 e. The summed E-state index contributed by atoms with van der Waals surface area (Å²) in [6, 6.07) is 0. The molecule has 22 atom stereocenters. The van der Waals surface area contributed by atoms with Crippen LogP contribution in [0, 0.1) is 50.2 Å². The van der Waals surface area contributed by atoms with E-state index in [0.29, 0.717) is 19.3 Å². The number of rotatable bonds is 8. The number of fused-ring (bicyclic) bond motifs is 7. The van der Waals surface area contributed by atoms with Crippen LogP contribution in [-0.2, 0) is 33.2 Å². The Morgan fingerprint density at radius 3 is 2.03 bits per heavy atom. The zero-order chi connectivity index (χ0) is 45.1. The fourth-order valence-corrected chi connectivity index (χ4v) is 14.5. The van der Waals surface area contributed by atoms with Crippen LogP contribution >= 0.6 is 0 Å². The van der Waals surface area contributed by atoms with Gasteiger partial charge >= 0.3 is 5.97 Å². The fraction of sp³-hybridized carbons (Fsp3) is 0.935. The minimum Gasteiger partial charge on any atom is -0.481 e. The number of ether oxygens (including phenoxy) is 6. The molecule has 0 bridgehead atoms. The second kappa shape index (κ2) is 16.5. The molecule has 16 nitrogen and oxygen atoms in total. The lowest BCUT2D eigenvalue weighted by Gasteiger charge is -2.71. The molecule has 16 heteroatoms. The number of allylic oxidation sites excluding steroid dienone is 2. The highest BCUT2D eigenvalue weighted by Gasteiger charge is 2.70. The molecule has 9 N–H and O–H groups in total. The molecule has 0 radical (unpaired) electrons. The molecule has 0 aromatic heterocycles. The third-order valence-corrected chi connectivity index (χ3v) is 18.7. The van der Waals surface area contributed by atoms with Crippen LogP contribution in [0.15, 0.2) is 11.6 Å². The molecule has 3 aliphatic heterocycles. The van der Waals surface area contributed by atoms with E-state index < -0.39 is 103 Å². The fourth-order valence-electron chi connectivity index (χ4n) is 14.5. The molecule has 0 spiro atoms. The lowest BCUT2D eigenvalue weighted by Crippen LogP contribution is -2.67. The Kier molecular flexibility index (Phi) is 12.5. The van der Waals surface area contributed by atoms with Gasteiger partial charge in [-0.1, -0.05) is 53.2 Å². The molecule has 8 aliphatic rings. The van der Waals surface area contributed by atoms with Crippen LogP contribution in [0.5, 0.6) is 0 Å². The lowest BCUT2D eigenvalue weighted by atomic mass is 9.33. The summed E-state index contributed by atoms with van der Waals surface area (Å²) in [7, 11) is 0. The highest BCUT2D eigenvalue weighted by Crippen LogP contribution is 2.76. The maximum atomic E-state index is 13.1. The number of carboxylic acids is 1. The molecule has 4 saturated carbocycles. The first-order valence-electron chi connectivity index (χ1n) is 23.1. The van der Waals surface area contributed by atoms with Crippen LogP contribution in [-0.4, -0.2) is 158 Å². The summed E-state index contributed by atoms with van der Waals surface area (Å²) in [6.45, 7) is 14.5. The molecule has 0 aromatic carbocycles. The molecule has 354 valence electrons. The summed E-state index contributed by atoms with van der Waals surface area (Å²) in [4.78, 5) is 13.1. The van der Waals surface area contributed by atoms with Gasteiger partial charge < -0.3 is 74.4 Å². The van der Waals surface area contributed by atoms with Crippen molar-refractivity contribution in [1.82, 2.24) is 0 Å². The molecule has 62 heavy (non-hydrogen) atoms. The molecule has 5 aliphatic carbocycles. The van der Waals surface area contributed by atoms with E-state index in [1.165, 1.54) is 12.5 Å². The van der Waals surface area contributed by atoms with Gasteiger partial charge in [0.05, 0.1) is 37.4 Å². The summed E-state index contributed by atoms with van der Waals surface area (Å²) in [5.74, 6) is -0.342. The van der Waals surface area contributed by atoms with E-state index >= 15 is 0 Å². The molecule has 3 saturated heterocycles. The number of carbonyl (C=O) groups is 1. The largest absolute Gasteiger partial charge is 0.481 e. The number of aliphatic hydroxyl groups is 8. The van der Waals surface area contributed by atoms with E-state index in [4.69, 9.17) is 28.4 Å². The minimum absolute atomic E-state index is 0.00631. The van der Waals surface area contributed by atoms with E-state index in [0.717, 1.165) is 44.9 Å². The highest BCUT2D eigenvalue weighted by atomic mass is 16.8. The second-order valence-electron chi connectivity index (χ2n) is 22.4. The van der Waals surface area contributed by atoms with Gasteiger partial charge in [0.1, 0.15) is 54.9 Å². The molecular weight excluding hydrogens is 808 g/mol. The van der Waals surface area contributed by atoms with Gasteiger partial charge in [-0.3, -0.25) is 4.79 Å². The van der Waals surface area contributed by atoms with Crippen molar-refractivity contribution >= 4 is 5.97 Å². The number of hydrogen-bond acceptors (Lipinski definition) is 15. The van der Waals surface area contributed by atoms with Gasteiger partial charge in [-0.15, -0.1) is 0 Å². The maximum absolute atomic E-state index is 13.1. The van der Waals surface area contributed by atoms with Gasteiger partial charge in [0.2, 0.25) is 0 Å². The predicted molar refractivity (Wildman–Crippen MR) is 219 cm³/mol. The Balaban J connectivity index is 1.02. The van der Waals surface area contributed by atoms with Crippen LogP contribution in [0.25, 0.3) is 0 Å². The summed E-state index contributed by atoms with van der Waals surface area (Å²) >= 11 is 0. The average molecular weight is 883 g/mol. The van der Waals surface area contributed by atoms with E-state index in [-0.39, 0.29) is 59.2 Å². The van der Waals surface area contributed by atoms with Crippen molar-refractivity contribution in [3.63, 3.8) is 0 Å². The summed E-state index contributed by atoms with van der Waals surface area (Å²) in [5, 5.41) is 97.4. The first kappa shape index (κ1) is 47.2. The van der Waals surface area contributed by atoms with Gasteiger partial charge in [0, 0.05) is 5.41 Å². The topological polar surface area (TPSA) is 255 Å². The van der Waals surface area contributed by atoms with Crippen molar-refractivity contribution in [2.45, 2.75) is 199 Å².